The molecule has 1 aliphatic rings. The number of nitrogens with zero attached hydrogens (tertiary/aromatic N) is 1. The Bertz CT molecular complexity index is 299. The van der Waals surface area contributed by atoms with Crippen LogP contribution in [0, 0.1) is 0 Å². The Balaban J connectivity index is 1.94. The maximum Gasteiger partial charge on any atom is 0.0695 e. The Labute approximate surface area is 91.5 Å². The molecule has 2 atom stereocenters. The molecule has 1 aliphatic carbocycles. The Kier molecular flexibility index (Phi) is 3.39. The van der Waals surface area contributed by atoms with E-state index in [9.17, 15) is 5.11 Å². The smallest absolute Gasteiger partial charge is 0.0695 e. The molecule has 1 saturated carbocycles. The lowest BCUT2D eigenvalue weighted by Crippen LogP contribution is -2.36. The highest BCUT2D eigenvalue weighted by atomic mass is 16.3. The molecule has 82 valence electrons. The highest BCUT2D eigenvalue weighted by Crippen LogP contribution is 2.24. The zero-order valence-electron chi connectivity index (χ0n) is 9.26. The van der Waals surface area contributed by atoms with Crippen molar-refractivity contribution < 1.29 is 5.11 Å². The standard InChI is InChI=1S/C13H19NO/c1-14(12-8-5-9-13(12)15)10-11-6-3-2-4-7-11/h2-4,6-7,12-13,15H,5,8-10H2,1H3/t12-,13+/m0/s1. The number of benzene rings is 1. The molecular weight excluding hydrogens is 186 g/mol. The minimum absolute atomic E-state index is 0.126. The molecule has 2 nitrogen and oxygen atoms in total. The van der Waals surface area contributed by atoms with Crippen molar-refractivity contribution >= 4 is 0 Å². The van der Waals surface area contributed by atoms with Gasteiger partial charge in [-0.2, -0.15) is 0 Å². The van der Waals surface area contributed by atoms with Gasteiger partial charge in [-0.25, -0.2) is 0 Å². The summed E-state index contributed by atoms with van der Waals surface area (Å²) in [5.74, 6) is 0. The first kappa shape index (κ1) is 10.7. The number of hydrogen-bond donors (Lipinski definition) is 1. The Hall–Kier alpha value is -0.860. The lowest BCUT2D eigenvalue weighted by molar-refractivity contribution is 0.0825. The van der Waals surface area contributed by atoms with Crippen LogP contribution < -0.4 is 0 Å². The number of hydrogen-bond acceptors (Lipinski definition) is 2. The van der Waals surface area contributed by atoms with E-state index < -0.39 is 0 Å². The SMILES string of the molecule is CN(Cc1ccccc1)[C@H]1CCC[C@H]1O. The number of rotatable bonds is 3. The van der Waals surface area contributed by atoms with Gasteiger partial charge in [-0.15, -0.1) is 0 Å². The quantitative estimate of drug-likeness (QED) is 0.816. The molecule has 0 aliphatic heterocycles. The van der Waals surface area contributed by atoms with Gasteiger partial charge in [-0.3, -0.25) is 4.90 Å². The van der Waals surface area contributed by atoms with Gasteiger partial charge in [0.25, 0.3) is 0 Å². The van der Waals surface area contributed by atoms with Crippen molar-refractivity contribution in [1.82, 2.24) is 4.90 Å². The fourth-order valence-corrected chi connectivity index (χ4v) is 2.42. The Morgan fingerprint density at radius 3 is 2.60 bits per heavy atom. The summed E-state index contributed by atoms with van der Waals surface area (Å²) in [5.41, 5.74) is 1.32. The van der Waals surface area contributed by atoms with E-state index in [1.165, 1.54) is 5.56 Å². The van der Waals surface area contributed by atoms with E-state index in [0.717, 1.165) is 25.8 Å². The first-order valence-electron chi connectivity index (χ1n) is 5.69. The van der Waals surface area contributed by atoms with E-state index in [0.29, 0.717) is 6.04 Å². The van der Waals surface area contributed by atoms with Crippen LogP contribution in [-0.4, -0.2) is 29.2 Å². The van der Waals surface area contributed by atoms with Crippen LogP contribution in [0.4, 0.5) is 0 Å². The summed E-state index contributed by atoms with van der Waals surface area (Å²) < 4.78 is 0. The molecule has 0 heterocycles. The minimum Gasteiger partial charge on any atom is -0.391 e. The van der Waals surface area contributed by atoms with E-state index in [4.69, 9.17) is 0 Å². The van der Waals surface area contributed by atoms with Crippen molar-refractivity contribution in [3.05, 3.63) is 35.9 Å². The second kappa shape index (κ2) is 4.77. The summed E-state index contributed by atoms with van der Waals surface area (Å²) >= 11 is 0. The summed E-state index contributed by atoms with van der Waals surface area (Å²) in [4.78, 5) is 2.27. The monoisotopic (exact) mass is 205 g/mol. The van der Waals surface area contributed by atoms with Crippen molar-refractivity contribution in [3.63, 3.8) is 0 Å². The molecule has 1 fully saturated rings. The average molecular weight is 205 g/mol. The van der Waals surface area contributed by atoms with Crippen molar-refractivity contribution in [2.24, 2.45) is 0 Å². The molecule has 2 heteroatoms. The summed E-state index contributed by atoms with van der Waals surface area (Å²) in [6.45, 7) is 0.933. The molecule has 0 amide bonds. The molecule has 0 unspecified atom stereocenters. The topological polar surface area (TPSA) is 23.5 Å². The van der Waals surface area contributed by atoms with Gasteiger partial charge in [-0.1, -0.05) is 30.3 Å². The average Bonchev–Trinajstić information content (AvgIpc) is 2.66. The molecular formula is C13H19NO. The van der Waals surface area contributed by atoms with Crippen LogP contribution in [0.15, 0.2) is 30.3 Å². The van der Waals surface area contributed by atoms with Crippen LogP contribution in [0.3, 0.4) is 0 Å². The van der Waals surface area contributed by atoms with Gasteiger partial charge >= 0.3 is 0 Å². The molecule has 1 aromatic carbocycles. The van der Waals surface area contributed by atoms with Crippen LogP contribution >= 0.6 is 0 Å². The first-order chi connectivity index (χ1) is 7.27. The molecule has 0 saturated heterocycles. The molecule has 0 radical (unpaired) electrons. The van der Waals surface area contributed by atoms with E-state index in [1.807, 2.05) is 6.07 Å². The van der Waals surface area contributed by atoms with Gasteiger partial charge in [0.15, 0.2) is 0 Å². The summed E-state index contributed by atoms with van der Waals surface area (Å²) in [6, 6.07) is 10.8. The van der Waals surface area contributed by atoms with Crippen LogP contribution in [0.2, 0.25) is 0 Å². The number of aliphatic hydroxyl groups excluding tert-OH is 1. The van der Waals surface area contributed by atoms with Gasteiger partial charge in [-0.05, 0) is 31.9 Å². The van der Waals surface area contributed by atoms with Crippen LogP contribution in [0.5, 0.6) is 0 Å². The largest absolute Gasteiger partial charge is 0.391 e. The third-order valence-corrected chi connectivity index (χ3v) is 3.28. The summed E-state index contributed by atoms with van der Waals surface area (Å²) in [5, 5.41) is 9.80. The van der Waals surface area contributed by atoms with Crippen molar-refractivity contribution in [2.45, 2.75) is 38.0 Å². The van der Waals surface area contributed by atoms with Crippen molar-refractivity contribution in [1.29, 1.82) is 0 Å². The molecule has 0 aromatic heterocycles. The van der Waals surface area contributed by atoms with Gasteiger partial charge < -0.3 is 5.11 Å². The molecule has 1 aromatic rings. The minimum atomic E-state index is -0.126. The normalized spacial score (nSPS) is 26.1. The van der Waals surface area contributed by atoms with E-state index in [1.54, 1.807) is 0 Å². The summed E-state index contributed by atoms with van der Waals surface area (Å²) in [6.07, 6.45) is 3.12. The second-order valence-electron chi connectivity index (χ2n) is 4.47. The van der Waals surface area contributed by atoms with E-state index in [2.05, 4.69) is 36.2 Å². The third-order valence-electron chi connectivity index (χ3n) is 3.28. The van der Waals surface area contributed by atoms with Gasteiger partial charge in [0.1, 0.15) is 0 Å². The third kappa shape index (κ3) is 2.58. The molecule has 0 bridgehead atoms. The number of aliphatic hydroxyl groups is 1. The lowest BCUT2D eigenvalue weighted by atomic mass is 10.1. The summed E-state index contributed by atoms with van der Waals surface area (Å²) in [7, 11) is 2.10. The predicted molar refractivity (Wildman–Crippen MR) is 61.6 cm³/mol. The van der Waals surface area contributed by atoms with Gasteiger partial charge in [0.05, 0.1) is 6.10 Å². The van der Waals surface area contributed by atoms with Gasteiger partial charge in [0.2, 0.25) is 0 Å². The van der Waals surface area contributed by atoms with Gasteiger partial charge in [0, 0.05) is 12.6 Å². The maximum atomic E-state index is 9.80. The predicted octanol–water partition coefficient (Wildman–Crippen LogP) is 2.03. The van der Waals surface area contributed by atoms with Crippen LogP contribution in [-0.2, 0) is 6.54 Å². The Morgan fingerprint density at radius 1 is 1.27 bits per heavy atom. The van der Waals surface area contributed by atoms with E-state index >= 15 is 0 Å². The molecule has 2 rings (SSSR count). The van der Waals surface area contributed by atoms with Crippen LogP contribution in [0.25, 0.3) is 0 Å². The van der Waals surface area contributed by atoms with Crippen molar-refractivity contribution in [3.8, 4) is 0 Å². The molecule has 15 heavy (non-hydrogen) atoms. The first-order valence-corrected chi connectivity index (χ1v) is 5.69. The zero-order chi connectivity index (χ0) is 10.7. The fraction of sp³-hybridized carbons (Fsp3) is 0.538. The highest BCUT2D eigenvalue weighted by Gasteiger charge is 2.28. The second-order valence-corrected chi connectivity index (χ2v) is 4.47. The molecule has 1 N–H and O–H groups in total. The molecule has 0 spiro atoms. The maximum absolute atomic E-state index is 9.80. The van der Waals surface area contributed by atoms with Crippen LogP contribution in [0.1, 0.15) is 24.8 Å². The lowest BCUT2D eigenvalue weighted by Gasteiger charge is -2.26. The number of likely N-dealkylation sites (N-methyl/N-ethyl adjacent to an activating group) is 1. The zero-order valence-corrected chi connectivity index (χ0v) is 9.26. The Morgan fingerprint density at radius 2 is 2.00 bits per heavy atom. The van der Waals surface area contributed by atoms with Crippen molar-refractivity contribution in [2.75, 3.05) is 7.05 Å². The van der Waals surface area contributed by atoms with E-state index in [-0.39, 0.29) is 6.10 Å². The highest BCUT2D eigenvalue weighted by molar-refractivity contribution is 5.14. The fourth-order valence-electron chi connectivity index (χ4n) is 2.42.